The van der Waals surface area contributed by atoms with Crippen LogP contribution in [-0.4, -0.2) is 16.7 Å². The lowest BCUT2D eigenvalue weighted by molar-refractivity contribution is -0.384. The minimum absolute atomic E-state index is 0.0863. The van der Waals surface area contributed by atoms with E-state index in [-0.39, 0.29) is 17.2 Å². The molecule has 2 N–H and O–H groups in total. The summed E-state index contributed by atoms with van der Waals surface area (Å²) in [4.78, 5) is 34.6. The molecule has 0 radical (unpaired) electrons. The number of nitrogens with one attached hydrogen (secondary N) is 2. The van der Waals surface area contributed by atoms with E-state index in [9.17, 15) is 19.7 Å². The van der Waals surface area contributed by atoms with Gasteiger partial charge in [0.15, 0.2) is 0 Å². The van der Waals surface area contributed by atoms with Crippen LogP contribution in [0.3, 0.4) is 0 Å². The standard InChI is InChI=1S/C18H18BrN3O4/c1-2-3-7-17(23)20-12-5-4-6-13(10-12)21-18(24)15-11-14(22(25)26)8-9-16(15)19/h4-6,8-11H,2-3,7H2,1H3,(H,20,23)(H,21,24). The largest absolute Gasteiger partial charge is 0.326 e. The van der Waals surface area contributed by atoms with Crippen LogP contribution in [-0.2, 0) is 4.79 Å². The molecule has 0 saturated heterocycles. The highest BCUT2D eigenvalue weighted by Gasteiger charge is 2.16. The summed E-state index contributed by atoms with van der Waals surface area (Å²) < 4.78 is 0.449. The summed E-state index contributed by atoms with van der Waals surface area (Å²) in [6.07, 6.45) is 2.18. The van der Waals surface area contributed by atoms with Crippen molar-refractivity contribution in [2.24, 2.45) is 0 Å². The van der Waals surface area contributed by atoms with E-state index in [0.717, 1.165) is 12.8 Å². The van der Waals surface area contributed by atoms with Crippen LogP contribution in [0.5, 0.6) is 0 Å². The minimum atomic E-state index is -0.560. The van der Waals surface area contributed by atoms with Gasteiger partial charge in [-0.25, -0.2) is 0 Å². The molecule has 26 heavy (non-hydrogen) atoms. The SMILES string of the molecule is CCCCC(=O)Nc1cccc(NC(=O)c2cc([N+](=O)[O-])ccc2Br)c1. The molecule has 2 aromatic carbocycles. The van der Waals surface area contributed by atoms with Gasteiger partial charge in [0, 0.05) is 34.4 Å². The molecule has 2 aromatic rings. The Bertz CT molecular complexity index is 839. The number of non-ortho nitro benzene ring substituents is 1. The zero-order valence-electron chi connectivity index (χ0n) is 14.1. The van der Waals surface area contributed by atoms with Crippen LogP contribution >= 0.6 is 15.9 Å². The van der Waals surface area contributed by atoms with Crippen molar-refractivity contribution in [1.82, 2.24) is 0 Å². The minimum Gasteiger partial charge on any atom is -0.326 e. The monoisotopic (exact) mass is 419 g/mol. The molecular formula is C18H18BrN3O4. The van der Waals surface area contributed by atoms with Crippen molar-refractivity contribution in [3.63, 3.8) is 0 Å². The number of unbranched alkanes of at least 4 members (excludes halogenated alkanes) is 1. The maximum Gasteiger partial charge on any atom is 0.270 e. The van der Waals surface area contributed by atoms with Crippen molar-refractivity contribution in [3.8, 4) is 0 Å². The van der Waals surface area contributed by atoms with Crippen molar-refractivity contribution < 1.29 is 14.5 Å². The van der Waals surface area contributed by atoms with Gasteiger partial charge < -0.3 is 10.6 Å². The van der Waals surface area contributed by atoms with E-state index < -0.39 is 10.8 Å². The second-order valence-electron chi connectivity index (χ2n) is 5.61. The van der Waals surface area contributed by atoms with E-state index in [1.807, 2.05) is 6.92 Å². The summed E-state index contributed by atoms with van der Waals surface area (Å²) in [5.41, 5.74) is 1.02. The Morgan fingerprint density at radius 1 is 1.12 bits per heavy atom. The van der Waals surface area contributed by atoms with Crippen molar-refractivity contribution >= 4 is 44.8 Å². The fourth-order valence-corrected chi connectivity index (χ4v) is 2.66. The third-order valence-electron chi connectivity index (χ3n) is 3.57. The van der Waals surface area contributed by atoms with Gasteiger partial charge in [0.1, 0.15) is 0 Å². The fourth-order valence-electron chi connectivity index (χ4n) is 2.23. The number of nitro groups is 1. The van der Waals surface area contributed by atoms with E-state index in [0.29, 0.717) is 22.3 Å². The first-order valence-electron chi connectivity index (χ1n) is 8.06. The second-order valence-corrected chi connectivity index (χ2v) is 6.46. The van der Waals surface area contributed by atoms with Crippen molar-refractivity contribution in [2.75, 3.05) is 10.6 Å². The van der Waals surface area contributed by atoms with Crippen LogP contribution in [0.25, 0.3) is 0 Å². The molecule has 0 fully saturated rings. The van der Waals surface area contributed by atoms with Crippen LogP contribution in [0.15, 0.2) is 46.9 Å². The van der Waals surface area contributed by atoms with E-state index in [2.05, 4.69) is 26.6 Å². The number of halogens is 1. The number of hydrogen-bond donors (Lipinski definition) is 2. The average molecular weight is 420 g/mol. The lowest BCUT2D eigenvalue weighted by Crippen LogP contribution is -2.14. The summed E-state index contributed by atoms with van der Waals surface area (Å²) in [7, 11) is 0. The van der Waals surface area contributed by atoms with Crippen LogP contribution < -0.4 is 10.6 Å². The number of hydrogen-bond acceptors (Lipinski definition) is 4. The molecule has 0 bridgehead atoms. The number of nitrogens with zero attached hydrogens (tertiary/aromatic N) is 1. The number of rotatable bonds is 7. The Labute approximate surface area is 159 Å². The van der Waals surface area contributed by atoms with Crippen LogP contribution in [0.1, 0.15) is 36.5 Å². The van der Waals surface area contributed by atoms with E-state index >= 15 is 0 Å². The number of amides is 2. The summed E-state index contributed by atoms with van der Waals surface area (Å²) in [5, 5.41) is 16.3. The number of nitro benzene ring substituents is 1. The molecule has 0 heterocycles. The van der Waals surface area contributed by atoms with E-state index in [1.54, 1.807) is 24.3 Å². The molecule has 0 saturated carbocycles. The van der Waals surface area contributed by atoms with Crippen LogP contribution in [0.4, 0.5) is 17.1 Å². The molecule has 0 aliphatic heterocycles. The zero-order valence-corrected chi connectivity index (χ0v) is 15.7. The Morgan fingerprint density at radius 3 is 2.46 bits per heavy atom. The predicted octanol–water partition coefficient (Wildman–Crippen LogP) is 4.74. The smallest absolute Gasteiger partial charge is 0.270 e. The van der Waals surface area contributed by atoms with Crippen molar-refractivity contribution in [3.05, 3.63) is 62.6 Å². The van der Waals surface area contributed by atoms with Gasteiger partial charge in [-0.1, -0.05) is 19.4 Å². The molecule has 8 heteroatoms. The lowest BCUT2D eigenvalue weighted by Gasteiger charge is -2.10. The van der Waals surface area contributed by atoms with E-state index in [1.165, 1.54) is 18.2 Å². The van der Waals surface area contributed by atoms with Crippen molar-refractivity contribution in [2.45, 2.75) is 26.2 Å². The van der Waals surface area contributed by atoms with Gasteiger partial charge in [-0.2, -0.15) is 0 Å². The maximum absolute atomic E-state index is 12.4. The first-order valence-corrected chi connectivity index (χ1v) is 8.85. The van der Waals surface area contributed by atoms with Gasteiger partial charge in [-0.15, -0.1) is 0 Å². The Morgan fingerprint density at radius 2 is 1.81 bits per heavy atom. The molecular weight excluding hydrogens is 402 g/mol. The summed E-state index contributed by atoms with van der Waals surface area (Å²) in [6.45, 7) is 2.01. The summed E-state index contributed by atoms with van der Waals surface area (Å²) >= 11 is 3.22. The third-order valence-corrected chi connectivity index (χ3v) is 4.26. The molecule has 0 spiro atoms. The first kappa shape index (κ1) is 19.6. The Kier molecular flexibility index (Phi) is 6.85. The van der Waals surface area contributed by atoms with Gasteiger partial charge in [0.05, 0.1) is 10.5 Å². The van der Waals surface area contributed by atoms with Gasteiger partial charge >= 0.3 is 0 Å². The van der Waals surface area contributed by atoms with Crippen LogP contribution in [0.2, 0.25) is 0 Å². The lowest BCUT2D eigenvalue weighted by atomic mass is 10.2. The normalized spacial score (nSPS) is 10.2. The zero-order chi connectivity index (χ0) is 19.1. The van der Waals surface area contributed by atoms with Gasteiger partial charge in [0.2, 0.25) is 5.91 Å². The predicted molar refractivity (Wildman–Crippen MR) is 103 cm³/mol. The highest BCUT2D eigenvalue weighted by Crippen LogP contribution is 2.24. The molecule has 2 amide bonds. The highest BCUT2D eigenvalue weighted by atomic mass is 79.9. The Balaban J connectivity index is 2.12. The third kappa shape index (κ3) is 5.38. The Hall–Kier alpha value is -2.74. The van der Waals surface area contributed by atoms with Gasteiger partial charge in [-0.3, -0.25) is 19.7 Å². The molecule has 0 aliphatic carbocycles. The number of benzene rings is 2. The number of carbonyl (C=O) groups is 2. The molecule has 0 aromatic heterocycles. The highest BCUT2D eigenvalue weighted by molar-refractivity contribution is 9.10. The molecule has 0 aliphatic rings. The molecule has 7 nitrogen and oxygen atoms in total. The maximum atomic E-state index is 12.4. The summed E-state index contributed by atoms with van der Waals surface area (Å²) in [6, 6.07) is 10.7. The van der Waals surface area contributed by atoms with E-state index in [4.69, 9.17) is 0 Å². The van der Waals surface area contributed by atoms with Gasteiger partial charge in [0.25, 0.3) is 11.6 Å². The topological polar surface area (TPSA) is 101 Å². The fraction of sp³-hybridized carbons (Fsp3) is 0.222. The van der Waals surface area contributed by atoms with Crippen molar-refractivity contribution in [1.29, 1.82) is 0 Å². The summed E-state index contributed by atoms with van der Waals surface area (Å²) in [5.74, 6) is -0.577. The molecule has 2 rings (SSSR count). The average Bonchev–Trinajstić information content (AvgIpc) is 2.60. The number of carbonyl (C=O) groups excluding carboxylic acids is 2. The second kappa shape index (κ2) is 9.10. The van der Waals surface area contributed by atoms with Crippen LogP contribution in [0, 0.1) is 10.1 Å². The van der Waals surface area contributed by atoms with Gasteiger partial charge in [-0.05, 0) is 46.6 Å². The first-order chi connectivity index (χ1) is 12.4. The number of anilines is 2. The molecule has 0 unspecified atom stereocenters. The quantitative estimate of drug-likeness (QED) is 0.499. The molecule has 0 atom stereocenters. The molecule has 136 valence electrons.